The zero-order valence-electron chi connectivity index (χ0n) is 15.6. The van der Waals surface area contributed by atoms with Gasteiger partial charge in [-0.15, -0.1) is 13.2 Å². The maximum absolute atomic E-state index is 12.4. The van der Waals surface area contributed by atoms with Crippen molar-refractivity contribution < 1.29 is 32.5 Å². The van der Waals surface area contributed by atoms with Crippen molar-refractivity contribution in [2.75, 3.05) is 12.4 Å². The number of fused-ring (bicyclic) bond motifs is 1. The number of amides is 1. The Labute approximate surface area is 168 Å². The predicted octanol–water partition coefficient (Wildman–Crippen LogP) is 3.96. The Bertz CT molecular complexity index is 1090. The minimum absolute atomic E-state index is 0.0200. The van der Waals surface area contributed by atoms with Gasteiger partial charge in [0.15, 0.2) is 11.5 Å². The first-order chi connectivity index (χ1) is 14.2. The fourth-order valence-corrected chi connectivity index (χ4v) is 3.40. The number of hydrogen-bond donors (Lipinski definition) is 2. The van der Waals surface area contributed by atoms with Gasteiger partial charge in [0.1, 0.15) is 17.9 Å². The van der Waals surface area contributed by atoms with E-state index in [1.807, 2.05) is 0 Å². The van der Waals surface area contributed by atoms with Gasteiger partial charge in [-0.05, 0) is 42.0 Å². The molecule has 0 bridgehead atoms. The lowest BCUT2D eigenvalue weighted by atomic mass is 9.89. The topological polar surface area (TPSA) is 85.6 Å². The quantitative estimate of drug-likeness (QED) is 0.669. The van der Waals surface area contributed by atoms with E-state index in [0.29, 0.717) is 17.2 Å². The van der Waals surface area contributed by atoms with Crippen LogP contribution in [0.5, 0.6) is 17.2 Å². The van der Waals surface area contributed by atoms with Gasteiger partial charge >= 0.3 is 6.36 Å². The van der Waals surface area contributed by atoms with Crippen LogP contribution in [0.1, 0.15) is 23.6 Å². The summed E-state index contributed by atoms with van der Waals surface area (Å²) in [6.07, 6.45) is -3.14. The molecule has 1 amide bonds. The molecule has 1 aliphatic heterocycles. The van der Waals surface area contributed by atoms with Crippen LogP contribution in [0.4, 0.5) is 19.0 Å². The van der Waals surface area contributed by atoms with Crippen molar-refractivity contribution in [1.82, 2.24) is 9.55 Å². The summed E-state index contributed by atoms with van der Waals surface area (Å²) in [7, 11) is 1.43. The molecule has 0 fully saturated rings. The Hall–Kier alpha value is -3.69. The third kappa shape index (κ3) is 3.76. The Morgan fingerprint density at radius 3 is 2.60 bits per heavy atom. The number of carbonyl (C=O) groups is 1. The van der Waals surface area contributed by atoms with Crippen LogP contribution in [0.25, 0.3) is 5.69 Å². The van der Waals surface area contributed by atoms with E-state index >= 15 is 0 Å². The number of ether oxygens (including phenoxy) is 2. The summed E-state index contributed by atoms with van der Waals surface area (Å²) in [5.74, 6) is -0.282. The van der Waals surface area contributed by atoms with Crippen molar-refractivity contribution >= 4 is 11.7 Å². The molecule has 2 heterocycles. The lowest BCUT2D eigenvalue weighted by molar-refractivity contribution is -0.274. The fourth-order valence-electron chi connectivity index (χ4n) is 3.40. The zero-order chi connectivity index (χ0) is 21.5. The van der Waals surface area contributed by atoms with Gasteiger partial charge < -0.3 is 19.9 Å². The van der Waals surface area contributed by atoms with Crippen LogP contribution in [-0.2, 0) is 4.79 Å². The maximum atomic E-state index is 12.4. The number of halogens is 3. The molecule has 7 nitrogen and oxygen atoms in total. The number of rotatable bonds is 4. The molecule has 2 aromatic carbocycles. The van der Waals surface area contributed by atoms with Crippen LogP contribution in [0.3, 0.4) is 0 Å². The number of anilines is 1. The molecule has 0 aliphatic carbocycles. The lowest BCUT2D eigenvalue weighted by Crippen LogP contribution is -2.25. The van der Waals surface area contributed by atoms with Gasteiger partial charge in [0.05, 0.1) is 12.8 Å². The van der Waals surface area contributed by atoms with Crippen molar-refractivity contribution in [3.05, 3.63) is 60.0 Å². The SMILES string of the molecule is COc1cc([C@H]2CC(=O)Nc3c2ncn3-c2ccc(OC(F)(F)F)cc2)ccc1O. The number of aromatic hydroxyl groups is 1. The van der Waals surface area contributed by atoms with Crippen LogP contribution < -0.4 is 14.8 Å². The Morgan fingerprint density at radius 2 is 1.93 bits per heavy atom. The van der Waals surface area contributed by atoms with Gasteiger partial charge in [0, 0.05) is 18.0 Å². The minimum atomic E-state index is -4.78. The van der Waals surface area contributed by atoms with Crippen LogP contribution in [-0.4, -0.2) is 34.0 Å². The number of nitrogens with zero attached hydrogens (tertiary/aromatic N) is 2. The van der Waals surface area contributed by atoms with E-state index in [0.717, 1.165) is 5.56 Å². The third-order valence-electron chi connectivity index (χ3n) is 4.73. The van der Waals surface area contributed by atoms with E-state index in [-0.39, 0.29) is 35.5 Å². The molecule has 0 spiro atoms. The van der Waals surface area contributed by atoms with E-state index in [4.69, 9.17) is 4.74 Å². The van der Waals surface area contributed by atoms with Crippen LogP contribution in [0, 0.1) is 0 Å². The van der Waals surface area contributed by atoms with Gasteiger partial charge in [-0.2, -0.15) is 0 Å². The number of benzene rings is 2. The van der Waals surface area contributed by atoms with Gasteiger partial charge in [-0.1, -0.05) is 6.07 Å². The predicted molar refractivity (Wildman–Crippen MR) is 100.0 cm³/mol. The summed E-state index contributed by atoms with van der Waals surface area (Å²) in [6.45, 7) is 0. The summed E-state index contributed by atoms with van der Waals surface area (Å²) in [5.41, 5.74) is 1.83. The van der Waals surface area contributed by atoms with E-state index in [2.05, 4.69) is 15.0 Å². The largest absolute Gasteiger partial charge is 0.573 e. The van der Waals surface area contributed by atoms with E-state index in [1.54, 1.807) is 16.7 Å². The van der Waals surface area contributed by atoms with Crippen molar-refractivity contribution in [2.24, 2.45) is 0 Å². The Balaban J connectivity index is 1.69. The van der Waals surface area contributed by atoms with Gasteiger partial charge in [0.2, 0.25) is 5.91 Å². The molecule has 1 aromatic heterocycles. The highest BCUT2D eigenvalue weighted by atomic mass is 19.4. The molecule has 2 N–H and O–H groups in total. The highest BCUT2D eigenvalue weighted by molar-refractivity contribution is 5.94. The minimum Gasteiger partial charge on any atom is -0.504 e. The molecular weight excluding hydrogens is 403 g/mol. The van der Waals surface area contributed by atoms with Crippen LogP contribution >= 0.6 is 0 Å². The number of imidazole rings is 1. The highest BCUT2D eigenvalue weighted by Crippen LogP contribution is 2.40. The monoisotopic (exact) mass is 419 g/mol. The second kappa shape index (κ2) is 7.29. The average Bonchev–Trinajstić information content (AvgIpc) is 3.11. The van der Waals surface area contributed by atoms with Crippen LogP contribution in [0.15, 0.2) is 48.8 Å². The number of phenolic OH excluding ortho intramolecular Hbond substituents is 1. The van der Waals surface area contributed by atoms with Crippen molar-refractivity contribution in [1.29, 1.82) is 0 Å². The highest BCUT2D eigenvalue weighted by Gasteiger charge is 2.32. The molecule has 0 unspecified atom stereocenters. The number of hydrogen-bond acceptors (Lipinski definition) is 5. The first kappa shape index (κ1) is 19.6. The summed E-state index contributed by atoms with van der Waals surface area (Å²) >= 11 is 0. The maximum Gasteiger partial charge on any atom is 0.573 e. The molecule has 0 saturated carbocycles. The normalized spacial score (nSPS) is 16.0. The molecule has 30 heavy (non-hydrogen) atoms. The summed E-state index contributed by atoms with van der Waals surface area (Å²) < 4.78 is 47.7. The first-order valence-corrected chi connectivity index (χ1v) is 8.85. The lowest BCUT2D eigenvalue weighted by Gasteiger charge is -2.24. The molecule has 4 rings (SSSR count). The first-order valence-electron chi connectivity index (χ1n) is 8.85. The molecule has 0 radical (unpaired) electrons. The second-order valence-electron chi connectivity index (χ2n) is 6.63. The number of aromatic nitrogens is 2. The number of phenols is 1. The molecule has 0 saturated heterocycles. The smallest absolute Gasteiger partial charge is 0.504 e. The van der Waals surface area contributed by atoms with Crippen molar-refractivity contribution in [3.63, 3.8) is 0 Å². The number of carbonyl (C=O) groups excluding carboxylic acids is 1. The van der Waals surface area contributed by atoms with Crippen molar-refractivity contribution in [2.45, 2.75) is 18.7 Å². The molecule has 3 aromatic rings. The summed E-state index contributed by atoms with van der Waals surface area (Å²) in [5, 5.41) is 12.6. The number of nitrogens with one attached hydrogen (secondary N) is 1. The van der Waals surface area contributed by atoms with Gasteiger partial charge in [-0.25, -0.2) is 4.98 Å². The molecule has 1 atom stereocenters. The molecule has 10 heteroatoms. The fraction of sp³-hybridized carbons (Fsp3) is 0.200. The molecule has 156 valence electrons. The number of methoxy groups -OCH3 is 1. The van der Waals surface area contributed by atoms with Crippen molar-refractivity contribution in [3.8, 4) is 22.9 Å². The van der Waals surface area contributed by atoms with Crippen LogP contribution in [0.2, 0.25) is 0 Å². The zero-order valence-corrected chi connectivity index (χ0v) is 15.6. The molecular formula is C20H16F3N3O4. The Morgan fingerprint density at radius 1 is 1.20 bits per heavy atom. The van der Waals surface area contributed by atoms with Gasteiger partial charge in [-0.3, -0.25) is 9.36 Å². The summed E-state index contributed by atoms with van der Waals surface area (Å²) in [4.78, 5) is 16.8. The van der Waals surface area contributed by atoms with Gasteiger partial charge in [0.25, 0.3) is 0 Å². The number of alkyl halides is 3. The molecule has 1 aliphatic rings. The van der Waals surface area contributed by atoms with E-state index in [9.17, 15) is 23.1 Å². The standard InChI is InChI=1S/C20H16F3N3O4/c1-29-16-8-11(2-7-15(16)27)14-9-17(28)25-19-18(14)24-10-26(19)12-3-5-13(6-4-12)30-20(21,22)23/h2-8,10,14,27H,9H2,1H3,(H,25,28)/t14-/m1/s1. The second-order valence-corrected chi connectivity index (χ2v) is 6.63. The third-order valence-corrected chi connectivity index (χ3v) is 4.73. The summed E-state index contributed by atoms with van der Waals surface area (Å²) in [6, 6.07) is 10.0. The van der Waals surface area contributed by atoms with E-state index in [1.165, 1.54) is 43.8 Å². The Kier molecular flexibility index (Phi) is 4.76. The average molecular weight is 419 g/mol. The van der Waals surface area contributed by atoms with E-state index < -0.39 is 6.36 Å².